The third kappa shape index (κ3) is 3.93. The van der Waals surface area contributed by atoms with E-state index in [1.807, 2.05) is 24.1 Å². The topological polar surface area (TPSA) is 45.5 Å². The molecule has 24 heavy (non-hydrogen) atoms. The van der Waals surface area contributed by atoms with Gasteiger partial charge in [-0.3, -0.25) is 4.79 Å². The Kier molecular flexibility index (Phi) is 6.30. The van der Waals surface area contributed by atoms with Crippen molar-refractivity contribution in [2.75, 3.05) is 26.7 Å². The van der Waals surface area contributed by atoms with Gasteiger partial charge in [0.15, 0.2) is 5.76 Å². The van der Waals surface area contributed by atoms with Crippen LogP contribution in [0.5, 0.6) is 0 Å². The summed E-state index contributed by atoms with van der Waals surface area (Å²) in [5, 5.41) is 4.22. The molecule has 1 fully saturated rings. The summed E-state index contributed by atoms with van der Waals surface area (Å²) in [6, 6.07) is 6.00. The lowest BCUT2D eigenvalue weighted by Crippen LogP contribution is -2.38. The van der Waals surface area contributed by atoms with Crippen molar-refractivity contribution >= 4 is 29.3 Å². The molecular weight excluding hydrogens is 324 g/mol. The molecule has 132 valence electrons. The molecule has 2 aromatic rings. The summed E-state index contributed by atoms with van der Waals surface area (Å²) in [6.45, 7) is 6.87. The fraction of sp³-hybridized carbons (Fsp3) is 0.526. The predicted octanol–water partition coefficient (Wildman–Crippen LogP) is 3.93. The van der Waals surface area contributed by atoms with Crippen molar-refractivity contribution in [1.29, 1.82) is 0 Å². The third-order valence-electron chi connectivity index (χ3n) is 5.05. The van der Waals surface area contributed by atoms with Gasteiger partial charge >= 0.3 is 0 Å². The second kappa shape index (κ2) is 8.04. The van der Waals surface area contributed by atoms with Crippen LogP contribution < -0.4 is 5.32 Å². The Morgan fingerprint density at radius 2 is 1.88 bits per heavy atom. The summed E-state index contributed by atoms with van der Waals surface area (Å²) < 4.78 is 5.81. The number of hydrogen-bond acceptors (Lipinski definition) is 3. The molecule has 0 radical (unpaired) electrons. The van der Waals surface area contributed by atoms with E-state index < -0.39 is 0 Å². The summed E-state index contributed by atoms with van der Waals surface area (Å²) >= 11 is 0. The number of halogens is 1. The fourth-order valence-corrected chi connectivity index (χ4v) is 3.34. The van der Waals surface area contributed by atoms with Gasteiger partial charge in [0.1, 0.15) is 5.58 Å². The summed E-state index contributed by atoms with van der Waals surface area (Å²) in [7, 11) is 1.99. The van der Waals surface area contributed by atoms with E-state index >= 15 is 0 Å². The average molecular weight is 351 g/mol. The van der Waals surface area contributed by atoms with Crippen LogP contribution >= 0.6 is 12.4 Å². The van der Waals surface area contributed by atoms with Crippen molar-refractivity contribution in [3.8, 4) is 0 Å². The molecule has 0 unspecified atom stereocenters. The summed E-state index contributed by atoms with van der Waals surface area (Å²) in [5.74, 6) is 1.23. The highest BCUT2D eigenvalue weighted by Crippen LogP contribution is 2.26. The van der Waals surface area contributed by atoms with Gasteiger partial charge in [0.2, 0.25) is 0 Å². The number of furan rings is 1. The maximum atomic E-state index is 12.7. The molecule has 0 atom stereocenters. The molecule has 0 spiro atoms. The number of hydrogen-bond donors (Lipinski definition) is 1. The molecular formula is C19H27ClN2O2. The molecule has 4 nitrogen and oxygen atoms in total. The first-order valence-electron chi connectivity index (χ1n) is 8.53. The number of piperidine rings is 1. The molecule has 1 aliphatic rings. The van der Waals surface area contributed by atoms with Crippen LogP contribution in [0.25, 0.3) is 11.0 Å². The number of amides is 1. The molecule has 2 heterocycles. The van der Waals surface area contributed by atoms with Crippen molar-refractivity contribution in [3.05, 3.63) is 35.1 Å². The maximum absolute atomic E-state index is 12.7. The first-order chi connectivity index (χ1) is 11.1. The zero-order valence-electron chi connectivity index (χ0n) is 14.7. The van der Waals surface area contributed by atoms with Crippen molar-refractivity contribution in [2.45, 2.75) is 33.1 Å². The highest BCUT2D eigenvalue weighted by Gasteiger charge is 2.25. The van der Waals surface area contributed by atoms with Crippen LogP contribution in [0.3, 0.4) is 0 Å². The number of aryl methyl sites for hydroxylation is 2. The van der Waals surface area contributed by atoms with Crippen molar-refractivity contribution in [1.82, 2.24) is 10.2 Å². The van der Waals surface area contributed by atoms with E-state index in [1.165, 1.54) is 17.5 Å². The lowest BCUT2D eigenvalue weighted by atomic mass is 9.93. The Bertz CT molecular complexity index is 664. The Morgan fingerprint density at radius 3 is 2.54 bits per heavy atom. The standard InChI is InChI=1S/C19H26N2O2.ClH/c1-13-10-16-12-18(23-17(16)11-14(13)2)19(22)21-8-5-15(6-9-21)4-7-20-3;/h10-12,15,20H,4-9H2,1-3H3;1H. The van der Waals surface area contributed by atoms with E-state index in [1.54, 1.807) is 0 Å². The number of rotatable bonds is 4. The van der Waals surface area contributed by atoms with Crippen LogP contribution in [0.1, 0.15) is 40.9 Å². The number of fused-ring (bicyclic) bond motifs is 1. The Morgan fingerprint density at radius 1 is 1.21 bits per heavy atom. The Labute approximate surface area is 150 Å². The lowest BCUT2D eigenvalue weighted by molar-refractivity contribution is 0.0657. The third-order valence-corrected chi connectivity index (χ3v) is 5.05. The zero-order valence-corrected chi connectivity index (χ0v) is 15.5. The average Bonchev–Trinajstić information content (AvgIpc) is 2.96. The predicted molar refractivity (Wildman–Crippen MR) is 100 cm³/mol. The number of nitrogens with zero attached hydrogens (tertiary/aromatic N) is 1. The normalized spacial score (nSPS) is 15.5. The molecule has 0 aliphatic carbocycles. The Hall–Kier alpha value is -1.52. The van der Waals surface area contributed by atoms with Gasteiger partial charge in [0, 0.05) is 18.5 Å². The van der Waals surface area contributed by atoms with Gasteiger partial charge in [-0.05, 0) is 81.9 Å². The van der Waals surface area contributed by atoms with Crippen LogP contribution in [-0.4, -0.2) is 37.5 Å². The van der Waals surface area contributed by atoms with Crippen LogP contribution in [-0.2, 0) is 0 Å². The monoisotopic (exact) mass is 350 g/mol. The van der Waals surface area contributed by atoms with Gasteiger partial charge in [0.25, 0.3) is 5.91 Å². The largest absolute Gasteiger partial charge is 0.451 e. The quantitative estimate of drug-likeness (QED) is 0.908. The van der Waals surface area contributed by atoms with Crippen LogP contribution in [0.4, 0.5) is 0 Å². The van der Waals surface area contributed by atoms with Crippen LogP contribution in [0.2, 0.25) is 0 Å². The minimum Gasteiger partial charge on any atom is -0.451 e. The second-order valence-corrected chi connectivity index (χ2v) is 6.71. The van der Waals surface area contributed by atoms with E-state index in [0.717, 1.165) is 49.4 Å². The van der Waals surface area contributed by atoms with E-state index in [9.17, 15) is 4.79 Å². The molecule has 3 rings (SSSR count). The lowest BCUT2D eigenvalue weighted by Gasteiger charge is -2.31. The van der Waals surface area contributed by atoms with E-state index in [-0.39, 0.29) is 18.3 Å². The number of carbonyl (C=O) groups is 1. The van der Waals surface area contributed by atoms with Gasteiger partial charge < -0.3 is 14.6 Å². The molecule has 1 aromatic heterocycles. The fourth-order valence-electron chi connectivity index (χ4n) is 3.34. The maximum Gasteiger partial charge on any atom is 0.289 e. The highest BCUT2D eigenvalue weighted by molar-refractivity contribution is 5.96. The number of carbonyl (C=O) groups excluding carboxylic acids is 1. The number of likely N-dealkylation sites (tertiary alicyclic amines) is 1. The molecule has 1 N–H and O–H groups in total. The highest BCUT2D eigenvalue weighted by atomic mass is 35.5. The summed E-state index contributed by atoms with van der Waals surface area (Å²) in [6.07, 6.45) is 3.37. The molecule has 0 bridgehead atoms. The van der Waals surface area contributed by atoms with E-state index in [4.69, 9.17) is 4.42 Å². The SMILES string of the molecule is CNCCC1CCN(C(=O)c2cc3cc(C)c(C)cc3o2)CC1.Cl. The molecule has 5 heteroatoms. The van der Waals surface area contributed by atoms with Gasteiger partial charge in [-0.15, -0.1) is 12.4 Å². The number of benzene rings is 1. The minimum absolute atomic E-state index is 0. The summed E-state index contributed by atoms with van der Waals surface area (Å²) in [4.78, 5) is 14.6. The van der Waals surface area contributed by atoms with Gasteiger partial charge in [-0.2, -0.15) is 0 Å². The molecule has 1 aromatic carbocycles. The molecule has 0 saturated carbocycles. The van der Waals surface area contributed by atoms with Crippen molar-refractivity contribution in [3.63, 3.8) is 0 Å². The Balaban J connectivity index is 0.00000208. The zero-order chi connectivity index (χ0) is 16.4. The number of nitrogens with one attached hydrogen (secondary N) is 1. The van der Waals surface area contributed by atoms with E-state index in [0.29, 0.717) is 5.76 Å². The van der Waals surface area contributed by atoms with Gasteiger partial charge in [-0.25, -0.2) is 0 Å². The molecule has 1 aliphatic heterocycles. The smallest absolute Gasteiger partial charge is 0.289 e. The van der Waals surface area contributed by atoms with Crippen molar-refractivity contribution < 1.29 is 9.21 Å². The molecule has 1 saturated heterocycles. The van der Waals surface area contributed by atoms with Gasteiger partial charge in [-0.1, -0.05) is 0 Å². The second-order valence-electron chi connectivity index (χ2n) is 6.71. The van der Waals surface area contributed by atoms with Crippen molar-refractivity contribution in [2.24, 2.45) is 5.92 Å². The minimum atomic E-state index is 0. The van der Waals surface area contributed by atoms with Gasteiger partial charge in [0.05, 0.1) is 0 Å². The van der Waals surface area contributed by atoms with Crippen LogP contribution in [0, 0.1) is 19.8 Å². The first kappa shape index (κ1) is 18.8. The summed E-state index contributed by atoms with van der Waals surface area (Å²) in [5.41, 5.74) is 3.22. The first-order valence-corrected chi connectivity index (χ1v) is 8.53. The van der Waals surface area contributed by atoms with Crippen LogP contribution in [0.15, 0.2) is 22.6 Å². The van der Waals surface area contributed by atoms with E-state index in [2.05, 4.69) is 25.2 Å². The molecule has 1 amide bonds.